The molecular formula is C14H12N4O2. The van der Waals surface area contributed by atoms with Gasteiger partial charge < -0.3 is 10.3 Å². The van der Waals surface area contributed by atoms with Gasteiger partial charge in [-0.2, -0.15) is 5.10 Å². The molecule has 0 aliphatic rings. The molecular weight excluding hydrogens is 256 g/mol. The number of nitrogen functional groups attached to an aromatic ring is 1. The van der Waals surface area contributed by atoms with Crippen LogP contribution < -0.4 is 11.3 Å². The Labute approximate surface area is 114 Å². The summed E-state index contributed by atoms with van der Waals surface area (Å²) >= 11 is 0. The molecule has 0 aliphatic carbocycles. The number of nitrogens with two attached hydrogens (primary N) is 1. The number of H-pyrrole nitrogens is 1. The molecule has 3 aromatic rings. The highest BCUT2D eigenvalue weighted by molar-refractivity contribution is 5.85. The molecule has 0 bridgehead atoms. The van der Waals surface area contributed by atoms with Crippen molar-refractivity contribution in [3.63, 3.8) is 0 Å². The Morgan fingerprint density at radius 1 is 1.25 bits per heavy atom. The van der Waals surface area contributed by atoms with E-state index in [-0.39, 0.29) is 11.4 Å². The van der Waals surface area contributed by atoms with Crippen molar-refractivity contribution in [2.45, 2.75) is 6.92 Å². The number of aryl methyl sites for hydroxylation is 1. The molecule has 3 N–H and O–H groups in total. The van der Waals surface area contributed by atoms with Crippen LogP contribution in [0.4, 0.5) is 5.88 Å². The van der Waals surface area contributed by atoms with Gasteiger partial charge in [-0.05, 0) is 18.6 Å². The molecule has 0 saturated heterocycles. The van der Waals surface area contributed by atoms with Crippen molar-refractivity contribution in [2.24, 2.45) is 0 Å². The van der Waals surface area contributed by atoms with Gasteiger partial charge in [0.15, 0.2) is 0 Å². The highest BCUT2D eigenvalue weighted by Crippen LogP contribution is 2.35. The average Bonchev–Trinajstić information content (AvgIpc) is 2.81. The lowest BCUT2D eigenvalue weighted by Gasteiger charge is -2.03. The number of nitrogens with one attached hydrogen (secondary N) is 1. The van der Waals surface area contributed by atoms with Crippen molar-refractivity contribution >= 4 is 5.88 Å². The van der Waals surface area contributed by atoms with Crippen LogP contribution in [-0.2, 0) is 0 Å². The molecule has 0 atom stereocenters. The fraction of sp³-hybridized carbons (Fsp3) is 0.0714. The van der Waals surface area contributed by atoms with Gasteiger partial charge in [0.1, 0.15) is 11.4 Å². The number of hydrogen-bond acceptors (Lipinski definition) is 5. The van der Waals surface area contributed by atoms with Gasteiger partial charge in [-0.15, -0.1) is 0 Å². The van der Waals surface area contributed by atoms with E-state index < -0.39 is 0 Å². The molecule has 0 unspecified atom stereocenters. The zero-order valence-electron chi connectivity index (χ0n) is 10.8. The first-order chi connectivity index (χ1) is 9.65. The van der Waals surface area contributed by atoms with Crippen molar-refractivity contribution in [1.82, 2.24) is 15.4 Å². The summed E-state index contributed by atoms with van der Waals surface area (Å²) < 4.78 is 5.07. The quantitative estimate of drug-likeness (QED) is 0.740. The number of anilines is 1. The van der Waals surface area contributed by atoms with Crippen LogP contribution in [0.2, 0.25) is 0 Å². The number of nitrogens with zero attached hydrogens (tertiary/aromatic N) is 2. The molecule has 0 fully saturated rings. The van der Waals surface area contributed by atoms with E-state index >= 15 is 0 Å². The smallest absolute Gasteiger partial charge is 0.264 e. The second-order valence-electron chi connectivity index (χ2n) is 4.45. The van der Waals surface area contributed by atoms with Gasteiger partial charge in [0, 0.05) is 6.07 Å². The lowest BCUT2D eigenvalue weighted by Crippen LogP contribution is -2.05. The van der Waals surface area contributed by atoms with Crippen LogP contribution in [-0.4, -0.2) is 15.4 Å². The molecule has 1 aromatic carbocycles. The molecule has 0 spiro atoms. The fourth-order valence-electron chi connectivity index (χ4n) is 2.03. The van der Waals surface area contributed by atoms with Crippen LogP contribution in [0.3, 0.4) is 0 Å². The maximum atomic E-state index is 11.1. The molecule has 3 rings (SSSR count). The molecule has 0 aliphatic heterocycles. The number of rotatable bonds is 2. The first-order valence-corrected chi connectivity index (χ1v) is 6.03. The average molecular weight is 268 g/mol. The number of aromatic amines is 1. The van der Waals surface area contributed by atoms with E-state index in [1.165, 1.54) is 6.07 Å². The van der Waals surface area contributed by atoms with E-state index in [2.05, 4.69) is 15.4 Å². The molecule has 0 saturated carbocycles. The fourth-order valence-corrected chi connectivity index (χ4v) is 2.03. The van der Waals surface area contributed by atoms with Crippen molar-refractivity contribution in [1.29, 1.82) is 0 Å². The summed E-state index contributed by atoms with van der Waals surface area (Å²) in [5, 5.41) is 10.3. The van der Waals surface area contributed by atoms with Crippen molar-refractivity contribution < 1.29 is 4.52 Å². The van der Waals surface area contributed by atoms with Gasteiger partial charge in [-0.1, -0.05) is 35.0 Å². The summed E-state index contributed by atoms with van der Waals surface area (Å²) in [7, 11) is 0. The van der Waals surface area contributed by atoms with Crippen LogP contribution in [0.1, 0.15) is 5.56 Å². The van der Waals surface area contributed by atoms with E-state index in [0.717, 1.165) is 11.1 Å². The van der Waals surface area contributed by atoms with Gasteiger partial charge in [-0.25, -0.2) is 5.10 Å². The first-order valence-electron chi connectivity index (χ1n) is 6.03. The summed E-state index contributed by atoms with van der Waals surface area (Å²) in [6.45, 7) is 1.99. The van der Waals surface area contributed by atoms with Crippen molar-refractivity contribution in [3.05, 3.63) is 52.3 Å². The standard InChI is InChI=1S/C14H12N4O2/c1-8-3-2-4-9(7-8)12-13(18-20-14(12)15)10-5-6-11(19)17-16-10/h2-7H,15H2,1H3,(H,17,19). The summed E-state index contributed by atoms with van der Waals surface area (Å²) in [6.07, 6.45) is 0. The van der Waals surface area contributed by atoms with Crippen LogP contribution in [0, 0.1) is 6.92 Å². The molecule has 6 heteroatoms. The highest BCUT2D eigenvalue weighted by atomic mass is 16.5. The maximum absolute atomic E-state index is 11.1. The van der Waals surface area contributed by atoms with E-state index in [1.54, 1.807) is 6.07 Å². The third-order valence-electron chi connectivity index (χ3n) is 2.95. The monoisotopic (exact) mass is 268 g/mol. The predicted octanol–water partition coefficient (Wildman–Crippen LogP) is 1.98. The number of benzene rings is 1. The van der Waals surface area contributed by atoms with Gasteiger partial charge in [0.2, 0.25) is 5.88 Å². The normalized spacial score (nSPS) is 10.7. The summed E-state index contributed by atoms with van der Waals surface area (Å²) in [5.41, 5.74) is 9.26. The molecule has 6 nitrogen and oxygen atoms in total. The molecule has 2 heterocycles. The summed E-state index contributed by atoms with van der Waals surface area (Å²) in [6, 6.07) is 10.8. The van der Waals surface area contributed by atoms with Crippen LogP contribution in [0.25, 0.3) is 22.5 Å². The van der Waals surface area contributed by atoms with E-state index in [0.29, 0.717) is 17.0 Å². The molecule has 0 radical (unpaired) electrons. The zero-order chi connectivity index (χ0) is 14.1. The maximum Gasteiger partial charge on any atom is 0.264 e. The minimum absolute atomic E-state index is 0.221. The van der Waals surface area contributed by atoms with Crippen LogP contribution in [0.5, 0.6) is 0 Å². The van der Waals surface area contributed by atoms with Gasteiger partial charge in [-0.3, -0.25) is 4.79 Å². The zero-order valence-corrected chi connectivity index (χ0v) is 10.8. The lowest BCUT2D eigenvalue weighted by atomic mass is 10.0. The lowest BCUT2D eigenvalue weighted by molar-refractivity contribution is 0.439. The van der Waals surface area contributed by atoms with Crippen LogP contribution >= 0.6 is 0 Å². The minimum Gasteiger partial charge on any atom is -0.367 e. The van der Waals surface area contributed by atoms with Gasteiger partial charge in [0.05, 0.1) is 5.56 Å². The summed E-state index contributed by atoms with van der Waals surface area (Å²) in [5.74, 6) is 0.221. The molecule has 100 valence electrons. The number of hydrogen-bond donors (Lipinski definition) is 2. The van der Waals surface area contributed by atoms with Gasteiger partial charge in [0.25, 0.3) is 5.56 Å². The third-order valence-corrected chi connectivity index (χ3v) is 2.95. The van der Waals surface area contributed by atoms with E-state index in [1.807, 2.05) is 31.2 Å². The van der Waals surface area contributed by atoms with Crippen molar-refractivity contribution in [2.75, 3.05) is 5.73 Å². The predicted molar refractivity (Wildman–Crippen MR) is 74.9 cm³/mol. The largest absolute Gasteiger partial charge is 0.367 e. The van der Waals surface area contributed by atoms with Crippen molar-refractivity contribution in [3.8, 4) is 22.5 Å². The highest BCUT2D eigenvalue weighted by Gasteiger charge is 2.18. The second-order valence-corrected chi connectivity index (χ2v) is 4.45. The Hall–Kier alpha value is -2.89. The summed E-state index contributed by atoms with van der Waals surface area (Å²) in [4.78, 5) is 11.1. The van der Waals surface area contributed by atoms with Gasteiger partial charge >= 0.3 is 0 Å². The Balaban J connectivity index is 2.19. The minimum atomic E-state index is -0.276. The van der Waals surface area contributed by atoms with Crippen LogP contribution in [0.15, 0.2) is 45.7 Å². The second kappa shape index (κ2) is 4.65. The Bertz CT molecular complexity index is 800. The molecule has 0 amide bonds. The molecule has 2 aromatic heterocycles. The number of aromatic nitrogens is 3. The third kappa shape index (κ3) is 2.07. The Kier molecular flexibility index (Phi) is 2.83. The Morgan fingerprint density at radius 2 is 2.10 bits per heavy atom. The first kappa shape index (κ1) is 12.2. The van der Waals surface area contributed by atoms with E-state index in [4.69, 9.17) is 10.3 Å². The topological polar surface area (TPSA) is 97.8 Å². The Morgan fingerprint density at radius 3 is 2.80 bits per heavy atom. The van der Waals surface area contributed by atoms with E-state index in [9.17, 15) is 4.79 Å². The molecule has 20 heavy (non-hydrogen) atoms. The SMILES string of the molecule is Cc1cccc(-c2c(-c3ccc(=O)[nH]n3)noc2N)c1.